The van der Waals surface area contributed by atoms with Crippen molar-refractivity contribution in [2.45, 2.75) is 20.0 Å². The quantitative estimate of drug-likeness (QED) is 0.360. The molecule has 1 aromatic carbocycles. The van der Waals surface area contributed by atoms with Gasteiger partial charge >= 0.3 is 0 Å². The number of nitrogens with one attached hydrogen (secondary N) is 3. The van der Waals surface area contributed by atoms with Gasteiger partial charge in [-0.15, -0.1) is 0 Å². The van der Waals surface area contributed by atoms with Crippen molar-refractivity contribution < 1.29 is 4.74 Å². The Morgan fingerprint density at radius 2 is 2.07 bits per heavy atom. The van der Waals surface area contributed by atoms with E-state index >= 15 is 0 Å². The first-order valence-corrected chi connectivity index (χ1v) is 10.5. The summed E-state index contributed by atoms with van der Waals surface area (Å²) in [5.41, 5.74) is 1.00. The number of aliphatic imine (C=N–C) groups is 1. The summed E-state index contributed by atoms with van der Waals surface area (Å²) < 4.78 is 5.90. The second-order valence-corrected chi connectivity index (χ2v) is 7.84. The van der Waals surface area contributed by atoms with Gasteiger partial charge in [0.15, 0.2) is 5.96 Å². The van der Waals surface area contributed by atoms with Crippen molar-refractivity contribution in [2.75, 3.05) is 58.2 Å². The summed E-state index contributed by atoms with van der Waals surface area (Å²) >= 11 is 0. The molecule has 2 aromatic rings. The Hall–Kier alpha value is -2.38. The molecule has 7 heteroatoms. The molecule has 1 aliphatic heterocycles. The molecule has 29 heavy (non-hydrogen) atoms. The summed E-state index contributed by atoms with van der Waals surface area (Å²) in [6, 6.07) is 12.2. The van der Waals surface area contributed by atoms with Gasteiger partial charge in [0, 0.05) is 51.7 Å². The first-order chi connectivity index (χ1) is 14.1. The molecule has 2 heterocycles. The molecule has 0 aliphatic carbocycles. The van der Waals surface area contributed by atoms with Gasteiger partial charge in [-0.25, -0.2) is 4.98 Å². The van der Waals surface area contributed by atoms with E-state index in [4.69, 9.17) is 4.74 Å². The zero-order valence-corrected chi connectivity index (χ0v) is 17.8. The molecule has 1 saturated heterocycles. The first-order valence-electron chi connectivity index (χ1n) is 10.5. The van der Waals surface area contributed by atoms with Crippen LogP contribution in [0.3, 0.4) is 0 Å². The fraction of sp³-hybridized carbons (Fsp3) is 0.545. The number of pyridine rings is 1. The number of para-hydroxylation sites is 1. The zero-order valence-electron chi connectivity index (χ0n) is 17.8. The number of morpholine rings is 1. The minimum atomic E-state index is 0.195. The standard InChI is InChI=1S/C22H34N6O/c1-17(2)15-28-12-13-29-19(16-28)14-26-22(23-3)25-11-10-24-21-9-8-18-6-4-5-7-20(18)27-21/h4-9,17,19H,10-16H2,1-3H3,(H,24,27)(H2,23,25,26). The molecule has 0 amide bonds. The second kappa shape index (κ2) is 11.0. The van der Waals surface area contributed by atoms with E-state index in [0.29, 0.717) is 5.92 Å². The first kappa shape index (κ1) is 21.3. The van der Waals surface area contributed by atoms with E-state index in [1.807, 2.05) is 24.3 Å². The minimum absolute atomic E-state index is 0.195. The van der Waals surface area contributed by atoms with E-state index in [2.05, 4.69) is 56.8 Å². The lowest BCUT2D eigenvalue weighted by Crippen LogP contribution is -2.50. The van der Waals surface area contributed by atoms with E-state index in [0.717, 1.165) is 68.6 Å². The lowest BCUT2D eigenvalue weighted by molar-refractivity contribution is -0.0284. The van der Waals surface area contributed by atoms with Crippen LogP contribution >= 0.6 is 0 Å². The van der Waals surface area contributed by atoms with Crippen molar-refractivity contribution in [3.63, 3.8) is 0 Å². The minimum Gasteiger partial charge on any atom is -0.374 e. The largest absolute Gasteiger partial charge is 0.374 e. The van der Waals surface area contributed by atoms with Gasteiger partial charge in [0.05, 0.1) is 18.2 Å². The number of guanidine groups is 1. The number of rotatable bonds is 8. The summed E-state index contributed by atoms with van der Waals surface area (Å²) in [5.74, 6) is 2.36. The van der Waals surface area contributed by atoms with Crippen molar-refractivity contribution in [2.24, 2.45) is 10.9 Å². The molecule has 1 unspecified atom stereocenters. The topological polar surface area (TPSA) is 73.8 Å². The van der Waals surface area contributed by atoms with Gasteiger partial charge in [-0.2, -0.15) is 0 Å². The van der Waals surface area contributed by atoms with Crippen LogP contribution in [0.1, 0.15) is 13.8 Å². The zero-order chi connectivity index (χ0) is 20.5. The SMILES string of the molecule is CN=C(NCCNc1ccc2ccccc2n1)NCC1CN(CC(C)C)CCO1. The summed E-state index contributed by atoms with van der Waals surface area (Å²) in [5, 5.41) is 11.2. The monoisotopic (exact) mass is 398 g/mol. The van der Waals surface area contributed by atoms with Crippen LogP contribution in [0, 0.1) is 5.92 Å². The highest BCUT2D eigenvalue weighted by atomic mass is 16.5. The maximum atomic E-state index is 5.90. The van der Waals surface area contributed by atoms with Crippen LogP contribution in [0.2, 0.25) is 0 Å². The number of hydrogen-bond acceptors (Lipinski definition) is 5. The van der Waals surface area contributed by atoms with Crippen LogP contribution in [0.15, 0.2) is 41.4 Å². The Labute approximate surface area is 173 Å². The number of hydrogen-bond donors (Lipinski definition) is 3. The third-order valence-corrected chi connectivity index (χ3v) is 4.89. The van der Waals surface area contributed by atoms with E-state index < -0.39 is 0 Å². The van der Waals surface area contributed by atoms with Crippen LogP contribution in [-0.2, 0) is 4.74 Å². The highest BCUT2D eigenvalue weighted by Crippen LogP contribution is 2.14. The predicted octanol–water partition coefficient (Wildman–Crippen LogP) is 2.17. The third kappa shape index (κ3) is 6.87. The molecule has 0 radical (unpaired) electrons. The smallest absolute Gasteiger partial charge is 0.191 e. The predicted molar refractivity (Wildman–Crippen MR) is 121 cm³/mol. The summed E-state index contributed by atoms with van der Waals surface area (Å²) in [7, 11) is 1.79. The Kier molecular flexibility index (Phi) is 8.07. The molecule has 0 spiro atoms. The normalized spacial score (nSPS) is 18.2. The van der Waals surface area contributed by atoms with Crippen molar-refractivity contribution in [3.05, 3.63) is 36.4 Å². The van der Waals surface area contributed by atoms with Crippen LogP contribution in [0.25, 0.3) is 10.9 Å². The molecule has 158 valence electrons. The van der Waals surface area contributed by atoms with E-state index in [1.165, 1.54) is 0 Å². The summed E-state index contributed by atoms with van der Waals surface area (Å²) in [4.78, 5) is 11.4. The van der Waals surface area contributed by atoms with E-state index in [-0.39, 0.29) is 6.10 Å². The Morgan fingerprint density at radius 3 is 2.90 bits per heavy atom. The van der Waals surface area contributed by atoms with Crippen molar-refractivity contribution >= 4 is 22.7 Å². The average Bonchev–Trinajstić information content (AvgIpc) is 2.73. The molecule has 0 saturated carbocycles. The number of anilines is 1. The molecule has 1 fully saturated rings. The molecule has 1 aliphatic rings. The highest BCUT2D eigenvalue weighted by Gasteiger charge is 2.20. The lowest BCUT2D eigenvalue weighted by Gasteiger charge is -2.34. The molecule has 7 nitrogen and oxygen atoms in total. The molecular weight excluding hydrogens is 364 g/mol. The molecule has 3 rings (SSSR count). The van der Waals surface area contributed by atoms with Gasteiger partial charge in [-0.1, -0.05) is 32.0 Å². The van der Waals surface area contributed by atoms with Crippen molar-refractivity contribution in [3.8, 4) is 0 Å². The van der Waals surface area contributed by atoms with Gasteiger partial charge in [0.25, 0.3) is 0 Å². The number of ether oxygens (including phenoxy) is 1. The molecule has 1 atom stereocenters. The van der Waals surface area contributed by atoms with Crippen molar-refractivity contribution in [1.82, 2.24) is 20.5 Å². The summed E-state index contributed by atoms with van der Waals surface area (Å²) in [6.07, 6.45) is 0.195. The molecule has 3 N–H and O–H groups in total. The molecular formula is C22H34N6O. The van der Waals surface area contributed by atoms with E-state index in [9.17, 15) is 0 Å². The highest BCUT2D eigenvalue weighted by molar-refractivity contribution is 5.80. The molecule has 0 bridgehead atoms. The Morgan fingerprint density at radius 1 is 1.21 bits per heavy atom. The lowest BCUT2D eigenvalue weighted by atomic mass is 10.2. The number of fused-ring (bicyclic) bond motifs is 1. The van der Waals surface area contributed by atoms with Crippen LogP contribution < -0.4 is 16.0 Å². The number of benzene rings is 1. The van der Waals surface area contributed by atoms with Crippen molar-refractivity contribution in [1.29, 1.82) is 0 Å². The fourth-order valence-corrected chi connectivity index (χ4v) is 3.55. The van der Waals surface area contributed by atoms with Gasteiger partial charge in [-0.05, 0) is 24.1 Å². The van der Waals surface area contributed by atoms with Gasteiger partial charge < -0.3 is 20.7 Å². The Balaban J connectivity index is 1.36. The maximum Gasteiger partial charge on any atom is 0.191 e. The van der Waals surface area contributed by atoms with Gasteiger partial charge in [0.1, 0.15) is 5.82 Å². The second-order valence-electron chi connectivity index (χ2n) is 7.84. The molecule has 1 aromatic heterocycles. The van der Waals surface area contributed by atoms with Crippen LogP contribution in [0.5, 0.6) is 0 Å². The summed E-state index contributed by atoms with van der Waals surface area (Å²) in [6.45, 7) is 10.7. The van der Waals surface area contributed by atoms with Gasteiger partial charge in [0.2, 0.25) is 0 Å². The van der Waals surface area contributed by atoms with Crippen LogP contribution in [0.4, 0.5) is 5.82 Å². The Bertz CT molecular complexity index is 794. The number of nitrogens with zero attached hydrogens (tertiary/aromatic N) is 3. The fourth-order valence-electron chi connectivity index (χ4n) is 3.55. The van der Waals surface area contributed by atoms with Gasteiger partial charge in [-0.3, -0.25) is 9.89 Å². The number of aromatic nitrogens is 1. The maximum absolute atomic E-state index is 5.90. The average molecular weight is 399 g/mol. The van der Waals surface area contributed by atoms with Crippen LogP contribution in [-0.4, -0.2) is 74.9 Å². The third-order valence-electron chi connectivity index (χ3n) is 4.89. The van der Waals surface area contributed by atoms with E-state index in [1.54, 1.807) is 7.05 Å².